The molecule has 0 fully saturated rings. The van der Waals surface area contributed by atoms with E-state index in [0.717, 1.165) is 23.2 Å². The molecular weight excluding hydrogens is 358 g/mol. The summed E-state index contributed by atoms with van der Waals surface area (Å²) in [6.07, 6.45) is 0.873. The molecular formula is C21H25N3O2S. The van der Waals surface area contributed by atoms with Gasteiger partial charge in [0.25, 0.3) is 10.0 Å². The molecule has 0 amide bonds. The third kappa shape index (κ3) is 4.22. The number of rotatable bonds is 6. The van der Waals surface area contributed by atoms with E-state index in [-0.39, 0.29) is 4.90 Å². The molecule has 0 aliphatic rings. The number of anilines is 1. The molecule has 2 aromatic carbocycles. The van der Waals surface area contributed by atoms with Crippen molar-refractivity contribution < 1.29 is 8.42 Å². The van der Waals surface area contributed by atoms with Crippen LogP contribution < -0.4 is 4.72 Å². The van der Waals surface area contributed by atoms with Crippen molar-refractivity contribution in [1.82, 2.24) is 9.78 Å². The lowest BCUT2D eigenvalue weighted by Crippen LogP contribution is -2.14. The lowest BCUT2D eigenvalue weighted by atomic mass is 10.1. The van der Waals surface area contributed by atoms with E-state index in [2.05, 4.69) is 34.1 Å². The fourth-order valence-corrected chi connectivity index (χ4v) is 4.14. The Labute approximate surface area is 161 Å². The van der Waals surface area contributed by atoms with Crippen molar-refractivity contribution in [2.45, 2.75) is 45.6 Å². The number of aromatic nitrogens is 2. The highest BCUT2D eigenvalue weighted by molar-refractivity contribution is 7.92. The summed E-state index contributed by atoms with van der Waals surface area (Å²) >= 11 is 0. The molecule has 0 radical (unpaired) electrons. The van der Waals surface area contributed by atoms with Crippen LogP contribution in [0.15, 0.2) is 53.4 Å². The molecule has 0 spiro atoms. The summed E-state index contributed by atoms with van der Waals surface area (Å²) in [6.45, 7) is 8.38. The third-order valence-corrected chi connectivity index (χ3v) is 6.08. The number of aryl methyl sites for hydroxylation is 3. The molecule has 0 aliphatic heterocycles. The average Bonchev–Trinajstić information content (AvgIpc) is 2.91. The Morgan fingerprint density at radius 3 is 2.11 bits per heavy atom. The van der Waals surface area contributed by atoms with Crippen molar-refractivity contribution in [3.05, 3.63) is 76.6 Å². The molecule has 0 bridgehead atoms. The Hall–Kier alpha value is -2.60. The predicted octanol–water partition coefficient (Wildman–Crippen LogP) is 4.22. The molecule has 0 saturated carbocycles. The second-order valence-electron chi connectivity index (χ2n) is 6.79. The minimum atomic E-state index is -3.65. The number of nitrogens with one attached hydrogen (secondary N) is 1. The molecule has 0 atom stereocenters. The molecule has 1 heterocycles. The fraction of sp³-hybridized carbons (Fsp3) is 0.286. The molecule has 5 nitrogen and oxygen atoms in total. The van der Waals surface area contributed by atoms with Crippen molar-refractivity contribution in [2.75, 3.05) is 4.72 Å². The molecule has 3 aromatic rings. The lowest BCUT2D eigenvalue weighted by molar-refractivity contribution is 0.601. The Kier molecular flexibility index (Phi) is 5.37. The molecule has 0 saturated heterocycles. The van der Waals surface area contributed by atoms with Crippen molar-refractivity contribution in [3.8, 4) is 0 Å². The van der Waals surface area contributed by atoms with E-state index in [4.69, 9.17) is 0 Å². The van der Waals surface area contributed by atoms with Gasteiger partial charge in [0.1, 0.15) is 0 Å². The van der Waals surface area contributed by atoms with Crippen LogP contribution in [0, 0.1) is 20.8 Å². The maximum Gasteiger partial charge on any atom is 0.262 e. The van der Waals surface area contributed by atoms with E-state index in [1.807, 2.05) is 44.5 Å². The van der Waals surface area contributed by atoms with Crippen LogP contribution in [0.4, 0.5) is 5.69 Å². The number of hydrogen-bond acceptors (Lipinski definition) is 3. The standard InChI is InChI=1S/C21H25N3O2S/c1-5-18-10-12-20(13-11-18)27(25,26)23-21-16(3)22-24(17(21)4)14-19-8-6-15(2)7-9-19/h6-13,23H,5,14H2,1-4H3. The SMILES string of the molecule is CCc1ccc(S(=O)(=O)Nc2c(C)nn(Cc3ccc(C)cc3)c2C)cc1. The minimum absolute atomic E-state index is 0.254. The van der Waals surface area contributed by atoms with Crippen LogP contribution in [0.5, 0.6) is 0 Å². The third-order valence-electron chi connectivity index (χ3n) is 4.71. The zero-order valence-corrected chi connectivity index (χ0v) is 17.0. The maximum atomic E-state index is 12.8. The summed E-state index contributed by atoms with van der Waals surface area (Å²) in [6, 6.07) is 15.2. The molecule has 27 heavy (non-hydrogen) atoms. The van der Waals surface area contributed by atoms with E-state index in [1.165, 1.54) is 5.56 Å². The van der Waals surface area contributed by atoms with Gasteiger partial charge in [0, 0.05) is 0 Å². The summed E-state index contributed by atoms with van der Waals surface area (Å²) in [5, 5.41) is 4.52. The Morgan fingerprint density at radius 2 is 1.52 bits per heavy atom. The fourth-order valence-electron chi connectivity index (χ4n) is 2.96. The van der Waals surface area contributed by atoms with Gasteiger partial charge in [-0.2, -0.15) is 5.10 Å². The normalized spacial score (nSPS) is 11.6. The molecule has 6 heteroatoms. The van der Waals surface area contributed by atoms with Crippen molar-refractivity contribution in [1.29, 1.82) is 0 Å². The Morgan fingerprint density at radius 1 is 0.926 bits per heavy atom. The lowest BCUT2D eigenvalue weighted by Gasteiger charge is -2.10. The Bertz CT molecular complexity index is 1030. The minimum Gasteiger partial charge on any atom is -0.276 e. The first-order valence-corrected chi connectivity index (χ1v) is 10.5. The topological polar surface area (TPSA) is 64.0 Å². The van der Waals surface area contributed by atoms with Gasteiger partial charge in [-0.25, -0.2) is 8.42 Å². The Balaban J connectivity index is 1.86. The second kappa shape index (κ2) is 7.56. The molecule has 142 valence electrons. The smallest absolute Gasteiger partial charge is 0.262 e. The van der Waals surface area contributed by atoms with E-state index in [9.17, 15) is 8.42 Å². The average molecular weight is 384 g/mol. The molecule has 1 N–H and O–H groups in total. The summed E-state index contributed by atoms with van der Waals surface area (Å²) < 4.78 is 30.1. The number of sulfonamides is 1. The summed E-state index contributed by atoms with van der Waals surface area (Å²) in [5.41, 5.74) is 5.43. The summed E-state index contributed by atoms with van der Waals surface area (Å²) in [7, 11) is -3.65. The van der Waals surface area contributed by atoms with Gasteiger partial charge >= 0.3 is 0 Å². The van der Waals surface area contributed by atoms with E-state index in [0.29, 0.717) is 17.9 Å². The first kappa shape index (κ1) is 19.2. The zero-order chi connectivity index (χ0) is 19.6. The quantitative estimate of drug-likeness (QED) is 0.693. The second-order valence-corrected chi connectivity index (χ2v) is 8.47. The first-order chi connectivity index (χ1) is 12.8. The molecule has 1 aromatic heterocycles. The number of nitrogens with zero attached hydrogens (tertiary/aromatic N) is 2. The van der Waals surface area contributed by atoms with Gasteiger partial charge in [0.05, 0.1) is 28.5 Å². The van der Waals surface area contributed by atoms with Crippen LogP contribution in [0.3, 0.4) is 0 Å². The summed E-state index contributed by atoms with van der Waals surface area (Å²) in [5.74, 6) is 0. The highest BCUT2D eigenvalue weighted by Gasteiger charge is 2.20. The van der Waals surface area contributed by atoms with Crippen LogP contribution >= 0.6 is 0 Å². The van der Waals surface area contributed by atoms with Crippen LogP contribution in [0.1, 0.15) is 35.0 Å². The van der Waals surface area contributed by atoms with E-state index >= 15 is 0 Å². The molecule has 3 rings (SSSR count). The van der Waals surface area contributed by atoms with Crippen molar-refractivity contribution >= 4 is 15.7 Å². The van der Waals surface area contributed by atoms with Gasteiger partial charge in [-0.05, 0) is 50.5 Å². The highest BCUT2D eigenvalue weighted by Crippen LogP contribution is 2.24. The number of benzene rings is 2. The van der Waals surface area contributed by atoms with Crippen LogP contribution in [-0.2, 0) is 23.0 Å². The van der Waals surface area contributed by atoms with Crippen LogP contribution in [0.2, 0.25) is 0 Å². The van der Waals surface area contributed by atoms with Crippen molar-refractivity contribution in [3.63, 3.8) is 0 Å². The van der Waals surface area contributed by atoms with E-state index < -0.39 is 10.0 Å². The zero-order valence-electron chi connectivity index (χ0n) is 16.2. The van der Waals surface area contributed by atoms with Crippen molar-refractivity contribution in [2.24, 2.45) is 0 Å². The van der Waals surface area contributed by atoms with Gasteiger partial charge in [-0.1, -0.05) is 48.9 Å². The summed E-state index contributed by atoms with van der Waals surface area (Å²) in [4.78, 5) is 0.254. The maximum absolute atomic E-state index is 12.8. The van der Waals surface area contributed by atoms with Gasteiger partial charge in [0.15, 0.2) is 0 Å². The van der Waals surface area contributed by atoms with Gasteiger partial charge in [-0.3, -0.25) is 9.40 Å². The monoisotopic (exact) mass is 383 g/mol. The molecule has 0 aliphatic carbocycles. The van der Waals surface area contributed by atoms with Gasteiger partial charge in [-0.15, -0.1) is 0 Å². The predicted molar refractivity (Wildman–Crippen MR) is 109 cm³/mol. The van der Waals surface area contributed by atoms with Gasteiger partial charge in [0.2, 0.25) is 0 Å². The number of hydrogen-bond donors (Lipinski definition) is 1. The van der Waals surface area contributed by atoms with Crippen LogP contribution in [0.25, 0.3) is 0 Å². The molecule has 0 unspecified atom stereocenters. The van der Waals surface area contributed by atoms with Crippen LogP contribution in [-0.4, -0.2) is 18.2 Å². The highest BCUT2D eigenvalue weighted by atomic mass is 32.2. The first-order valence-electron chi connectivity index (χ1n) is 9.01. The van der Waals surface area contributed by atoms with Gasteiger partial charge < -0.3 is 0 Å². The van der Waals surface area contributed by atoms with E-state index in [1.54, 1.807) is 12.1 Å². The largest absolute Gasteiger partial charge is 0.276 e.